The summed E-state index contributed by atoms with van der Waals surface area (Å²) in [7, 11) is 0. The van der Waals surface area contributed by atoms with Gasteiger partial charge in [0.05, 0.1) is 0 Å². The molecule has 1 heterocycles. The molecule has 2 aromatic rings. The number of rotatable bonds is 4. The summed E-state index contributed by atoms with van der Waals surface area (Å²) in [5, 5.41) is 3.52. The largest absolute Gasteiger partial charge is 0.361 e. The van der Waals surface area contributed by atoms with Gasteiger partial charge in [-0.1, -0.05) is 0 Å². The van der Waals surface area contributed by atoms with Gasteiger partial charge in [-0.3, -0.25) is 4.79 Å². The minimum absolute atomic E-state index is 0.0392. The van der Waals surface area contributed by atoms with Gasteiger partial charge in [0, 0.05) is 23.6 Å². The van der Waals surface area contributed by atoms with Crippen LogP contribution in [0.25, 0.3) is 10.9 Å². The number of hydrogen-bond acceptors (Lipinski definition) is 1. The smallest absolute Gasteiger partial charge is 0.234 e. The average molecular weight is 255 g/mol. The Morgan fingerprint density at radius 1 is 1.47 bits per heavy atom. The van der Waals surface area contributed by atoms with Crippen LogP contribution in [0, 0.1) is 5.82 Å². The first-order valence-corrected chi connectivity index (χ1v) is 5.82. The summed E-state index contributed by atoms with van der Waals surface area (Å²) in [6, 6.07) is 4.61. The van der Waals surface area contributed by atoms with Gasteiger partial charge in [-0.15, -0.1) is 11.6 Å². The number of hydrogen-bond donors (Lipinski definition) is 2. The van der Waals surface area contributed by atoms with Gasteiger partial charge in [-0.2, -0.15) is 0 Å². The second-order valence-corrected chi connectivity index (χ2v) is 4.00. The zero-order valence-corrected chi connectivity index (χ0v) is 9.85. The van der Waals surface area contributed by atoms with Crippen molar-refractivity contribution in [3.63, 3.8) is 0 Å². The second kappa shape index (κ2) is 5.19. The molecule has 0 aliphatic heterocycles. The number of benzene rings is 1. The molecule has 0 atom stereocenters. The Balaban J connectivity index is 2.08. The molecule has 2 rings (SSSR count). The van der Waals surface area contributed by atoms with E-state index in [1.807, 2.05) is 6.20 Å². The van der Waals surface area contributed by atoms with Crippen molar-refractivity contribution in [2.24, 2.45) is 0 Å². The number of carbonyl (C=O) groups is 1. The van der Waals surface area contributed by atoms with Crippen LogP contribution in [-0.4, -0.2) is 23.3 Å². The Bertz CT molecular complexity index is 538. The standard InChI is InChI=1S/C12H12ClFN2O/c13-6-12(17)15-4-3-8-7-16-11-2-1-9(14)5-10(8)11/h1-2,5,7,16H,3-4,6H2,(H,15,17). The molecule has 3 nitrogen and oxygen atoms in total. The number of carbonyl (C=O) groups excluding carboxylic acids is 1. The van der Waals surface area contributed by atoms with Gasteiger partial charge in [-0.25, -0.2) is 4.39 Å². The van der Waals surface area contributed by atoms with Crippen LogP contribution in [0.5, 0.6) is 0 Å². The van der Waals surface area contributed by atoms with Crippen LogP contribution >= 0.6 is 11.6 Å². The van der Waals surface area contributed by atoms with E-state index in [2.05, 4.69) is 10.3 Å². The van der Waals surface area contributed by atoms with Gasteiger partial charge in [-0.05, 0) is 30.2 Å². The van der Waals surface area contributed by atoms with Crippen molar-refractivity contribution < 1.29 is 9.18 Å². The molecule has 5 heteroatoms. The van der Waals surface area contributed by atoms with E-state index in [0.29, 0.717) is 13.0 Å². The molecule has 0 aliphatic carbocycles. The predicted octanol–water partition coefficient (Wildman–Crippen LogP) is 2.20. The molecule has 17 heavy (non-hydrogen) atoms. The Morgan fingerprint density at radius 3 is 3.06 bits per heavy atom. The highest BCUT2D eigenvalue weighted by Crippen LogP contribution is 2.19. The van der Waals surface area contributed by atoms with Crippen LogP contribution in [0.15, 0.2) is 24.4 Å². The van der Waals surface area contributed by atoms with Crippen molar-refractivity contribution in [2.75, 3.05) is 12.4 Å². The van der Waals surface area contributed by atoms with Crippen molar-refractivity contribution >= 4 is 28.4 Å². The van der Waals surface area contributed by atoms with Crippen LogP contribution in [0.4, 0.5) is 4.39 Å². The molecule has 90 valence electrons. The summed E-state index contributed by atoms with van der Waals surface area (Å²) in [5.41, 5.74) is 1.87. The zero-order valence-electron chi connectivity index (χ0n) is 9.09. The van der Waals surface area contributed by atoms with Crippen molar-refractivity contribution in [2.45, 2.75) is 6.42 Å². The van der Waals surface area contributed by atoms with Crippen LogP contribution in [0.3, 0.4) is 0 Å². The fourth-order valence-electron chi connectivity index (χ4n) is 1.74. The molecule has 0 saturated heterocycles. The van der Waals surface area contributed by atoms with E-state index in [4.69, 9.17) is 11.6 Å². The fourth-order valence-corrected chi connectivity index (χ4v) is 1.84. The number of fused-ring (bicyclic) bond motifs is 1. The molecular formula is C12H12ClFN2O. The summed E-state index contributed by atoms with van der Waals surface area (Å²) in [4.78, 5) is 14.0. The van der Waals surface area contributed by atoms with Gasteiger partial charge < -0.3 is 10.3 Å². The van der Waals surface area contributed by atoms with E-state index in [9.17, 15) is 9.18 Å². The highest BCUT2D eigenvalue weighted by molar-refractivity contribution is 6.27. The number of aromatic amines is 1. The fraction of sp³-hybridized carbons (Fsp3) is 0.250. The number of halogens is 2. The molecule has 0 fully saturated rings. The average Bonchev–Trinajstić information content (AvgIpc) is 2.72. The van der Waals surface area contributed by atoms with Crippen molar-refractivity contribution in [3.05, 3.63) is 35.8 Å². The maximum atomic E-state index is 13.1. The third kappa shape index (κ3) is 2.77. The summed E-state index contributed by atoms with van der Waals surface area (Å²) >= 11 is 5.36. The number of H-pyrrole nitrogens is 1. The molecule has 0 bridgehead atoms. The van der Waals surface area contributed by atoms with E-state index in [1.165, 1.54) is 12.1 Å². The lowest BCUT2D eigenvalue weighted by Gasteiger charge is -2.02. The molecule has 1 aromatic carbocycles. The highest BCUT2D eigenvalue weighted by atomic mass is 35.5. The van der Waals surface area contributed by atoms with Gasteiger partial charge in [0.25, 0.3) is 0 Å². The van der Waals surface area contributed by atoms with Crippen LogP contribution < -0.4 is 5.32 Å². The first-order chi connectivity index (χ1) is 8.20. The number of alkyl halides is 1. The summed E-state index contributed by atoms with van der Waals surface area (Å²) in [6.45, 7) is 0.495. The van der Waals surface area contributed by atoms with Gasteiger partial charge in [0.1, 0.15) is 11.7 Å². The molecule has 0 unspecified atom stereocenters. The molecule has 1 aromatic heterocycles. The molecular weight excluding hydrogens is 243 g/mol. The van der Waals surface area contributed by atoms with E-state index in [1.54, 1.807) is 6.07 Å². The number of nitrogens with one attached hydrogen (secondary N) is 2. The third-order valence-corrected chi connectivity index (χ3v) is 2.81. The van der Waals surface area contributed by atoms with Crippen LogP contribution in [-0.2, 0) is 11.2 Å². The van der Waals surface area contributed by atoms with E-state index >= 15 is 0 Å². The lowest BCUT2D eigenvalue weighted by Crippen LogP contribution is -2.26. The van der Waals surface area contributed by atoms with E-state index in [-0.39, 0.29) is 17.6 Å². The van der Waals surface area contributed by atoms with Crippen molar-refractivity contribution in [1.29, 1.82) is 0 Å². The molecule has 0 aliphatic rings. The Labute approximate surface area is 103 Å². The third-order valence-electron chi connectivity index (χ3n) is 2.57. The Morgan fingerprint density at radius 2 is 2.29 bits per heavy atom. The maximum Gasteiger partial charge on any atom is 0.234 e. The number of amides is 1. The topological polar surface area (TPSA) is 44.9 Å². The highest BCUT2D eigenvalue weighted by Gasteiger charge is 2.05. The molecule has 2 N–H and O–H groups in total. The minimum Gasteiger partial charge on any atom is -0.361 e. The first-order valence-electron chi connectivity index (χ1n) is 5.29. The lowest BCUT2D eigenvalue weighted by atomic mass is 10.1. The van der Waals surface area contributed by atoms with E-state index < -0.39 is 0 Å². The summed E-state index contributed by atoms with van der Waals surface area (Å²) in [6.07, 6.45) is 2.48. The number of aromatic nitrogens is 1. The SMILES string of the molecule is O=C(CCl)NCCc1c[nH]c2ccc(F)cc12. The van der Waals surface area contributed by atoms with Gasteiger partial charge in [0.2, 0.25) is 5.91 Å². The van der Waals surface area contributed by atoms with Crippen LogP contribution in [0.2, 0.25) is 0 Å². The Hall–Kier alpha value is -1.55. The molecule has 0 radical (unpaired) electrons. The van der Waals surface area contributed by atoms with Crippen LogP contribution in [0.1, 0.15) is 5.56 Å². The minimum atomic E-state index is -0.261. The van der Waals surface area contributed by atoms with Crippen molar-refractivity contribution in [3.8, 4) is 0 Å². The Kier molecular flexibility index (Phi) is 3.64. The normalized spacial score (nSPS) is 10.7. The quantitative estimate of drug-likeness (QED) is 0.808. The summed E-state index contributed by atoms with van der Waals surface area (Å²) in [5.74, 6) is -0.497. The molecule has 0 spiro atoms. The molecule has 1 amide bonds. The summed E-state index contributed by atoms with van der Waals surface area (Å²) < 4.78 is 13.1. The van der Waals surface area contributed by atoms with Crippen molar-refractivity contribution in [1.82, 2.24) is 10.3 Å². The molecule has 0 saturated carbocycles. The van der Waals surface area contributed by atoms with E-state index in [0.717, 1.165) is 16.5 Å². The lowest BCUT2D eigenvalue weighted by molar-refractivity contribution is -0.118. The monoisotopic (exact) mass is 254 g/mol. The zero-order chi connectivity index (χ0) is 12.3. The second-order valence-electron chi connectivity index (χ2n) is 3.74. The maximum absolute atomic E-state index is 13.1. The predicted molar refractivity (Wildman–Crippen MR) is 65.7 cm³/mol. The first kappa shape index (κ1) is 11.9. The van der Waals surface area contributed by atoms with Gasteiger partial charge in [0.15, 0.2) is 0 Å². The van der Waals surface area contributed by atoms with Gasteiger partial charge >= 0.3 is 0 Å².